The zero-order valence-corrected chi connectivity index (χ0v) is 19.0. The fraction of sp³-hybridized carbons (Fsp3) is 0.609. The minimum absolute atomic E-state index is 0.0139. The molecule has 2 fully saturated rings. The van der Waals surface area contributed by atoms with E-state index in [0.29, 0.717) is 25.3 Å². The van der Waals surface area contributed by atoms with Gasteiger partial charge in [-0.25, -0.2) is 0 Å². The molecule has 2 heterocycles. The van der Waals surface area contributed by atoms with Gasteiger partial charge in [0.1, 0.15) is 17.9 Å². The summed E-state index contributed by atoms with van der Waals surface area (Å²) in [5.41, 5.74) is 0. The molecule has 0 spiro atoms. The van der Waals surface area contributed by atoms with Crippen LogP contribution in [0.5, 0.6) is 5.75 Å². The van der Waals surface area contributed by atoms with Crippen LogP contribution < -0.4 is 15.4 Å². The molecule has 3 rings (SSSR count). The maximum absolute atomic E-state index is 13.6. The van der Waals surface area contributed by atoms with Gasteiger partial charge in [-0.05, 0) is 38.4 Å². The Bertz CT molecular complexity index is 800. The van der Waals surface area contributed by atoms with Gasteiger partial charge in [0, 0.05) is 13.5 Å². The number of fused-ring (bicyclic) bond motifs is 1. The predicted molar refractivity (Wildman–Crippen MR) is 117 cm³/mol. The molecule has 0 aromatic heterocycles. The first-order valence-electron chi connectivity index (χ1n) is 11.0. The van der Waals surface area contributed by atoms with Crippen LogP contribution in [0.15, 0.2) is 30.3 Å². The van der Waals surface area contributed by atoms with Gasteiger partial charge in [0.25, 0.3) is 0 Å². The molecule has 5 atom stereocenters. The number of amides is 3. The molecule has 8 nitrogen and oxygen atoms in total. The lowest BCUT2D eigenvalue weighted by Crippen LogP contribution is -2.57. The normalized spacial score (nSPS) is 24.6. The van der Waals surface area contributed by atoms with E-state index < -0.39 is 12.1 Å². The van der Waals surface area contributed by atoms with Crippen LogP contribution in [-0.4, -0.2) is 77.9 Å². The fourth-order valence-corrected chi connectivity index (χ4v) is 4.53. The molecule has 3 amide bonds. The smallest absolute Gasteiger partial charge is 0.245 e. The summed E-state index contributed by atoms with van der Waals surface area (Å²) in [6.07, 6.45) is 0.388. The minimum Gasteiger partial charge on any atom is -0.486 e. The molecule has 0 radical (unpaired) electrons. The van der Waals surface area contributed by atoms with Gasteiger partial charge in [0.05, 0.1) is 24.7 Å². The Kier molecular flexibility index (Phi) is 7.20. The molecule has 0 bridgehead atoms. The number of benzene rings is 1. The number of rotatable bonds is 7. The third kappa shape index (κ3) is 4.84. The summed E-state index contributed by atoms with van der Waals surface area (Å²) in [5, 5.41) is 5.81. The van der Waals surface area contributed by atoms with E-state index in [1.807, 2.05) is 54.0 Å². The van der Waals surface area contributed by atoms with Crippen molar-refractivity contribution in [2.24, 2.45) is 5.92 Å². The van der Waals surface area contributed by atoms with Crippen LogP contribution in [0.2, 0.25) is 0 Å². The summed E-state index contributed by atoms with van der Waals surface area (Å²) in [7, 11) is 1.71. The highest BCUT2D eigenvalue weighted by atomic mass is 16.5. The lowest BCUT2D eigenvalue weighted by Gasteiger charge is -2.33. The van der Waals surface area contributed by atoms with Crippen molar-refractivity contribution < 1.29 is 19.1 Å². The van der Waals surface area contributed by atoms with Crippen LogP contribution >= 0.6 is 0 Å². The summed E-state index contributed by atoms with van der Waals surface area (Å²) in [4.78, 5) is 41.9. The second-order valence-corrected chi connectivity index (χ2v) is 8.76. The molecular weight excluding hydrogens is 396 g/mol. The number of para-hydroxylation sites is 1. The Labute approximate surface area is 184 Å². The Morgan fingerprint density at radius 1 is 1.10 bits per heavy atom. The quantitative estimate of drug-likeness (QED) is 0.674. The van der Waals surface area contributed by atoms with Crippen molar-refractivity contribution in [3.8, 4) is 5.75 Å². The molecule has 170 valence electrons. The highest BCUT2D eigenvalue weighted by molar-refractivity contribution is 5.90. The van der Waals surface area contributed by atoms with E-state index >= 15 is 0 Å². The zero-order valence-electron chi connectivity index (χ0n) is 19.0. The number of nitrogens with zero attached hydrogens (tertiary/aromatic N) is 2. The maximum atomic E-state index is 13.6. The molecule has 1 aromatic carbocycles. The maximum Gasteiger partial charge on any atom is 0.245 e. The van der Waals surface area contributed by atoms with Crippen molar-refractivity contribution in [3.63, 3.8) is 0 Å². The molecule has 5 unspecified atom stereocenters. The topological polar surface area (TPSA) is 91.0 Å². The number of nitrogens with one attached hydrogen (secondary N) is 2. The van der Waals surface area contributed by atoms with Crippen molar-refractivity contribution in [3.05, 3.63) is 30.3 Å². The number of carbonyl (C=O) groups is 3. The second-order valence-electron chi connectivity index (χ2n) is 8.76. The third-order valence-corrected chi connectivity index (χ3v) is 6.35. The van der Waals surface area contributed by atoms with Crippen LogP contribution in [-0.2, 0) is 14.4 Å². The van der Waals surface area contributed by atoms with E-state index in [0.717, 1.165) is 0 Å². The lowest BCUT2D eigenvalue weighted by molar-refractivity contribution is -0.140. The van der Waals surface area contributed by atoms with E-state index in [9.17, 15) is 14.4 Å². The Morgan fingerprint density at radius 2 is 1.77 bits per heavy atom. The first-order valence-corrected chi connectivity index (χ1v) is 11.0. The number of carbonyl (C=O) groups excluding carboxylic acids is 3. The van der Waals surface area contributed by atoms with Crippen LogP contribution in [0.25, 0.3) is 0 Å². The second kappa shape index (κ2) is 9.68. The largest absolute Gasteiger partial charge is 0.486 e. The Morgan fingerprint density at radius 3 is 2.35 bits per heavy atom. The summed E-state index contributed by atoms with van der Waals surface area (Å²) in [6.45, 7) is 8.15. The molecule has 2 aliphatic rings. The summed E-state index contributed by atoms with van der Waals surface area (Å²) in [6, 6.07) is 8.13. The fourth-order valence-electron chi connectivity index (χ4n) is 4.53. The average molecular weight is 431 g/mol. The Balaban J connectivity index is 1.83. The zero-order chi connectivity index (χ0) is 22.7. The number of hydrogen-bond donors (Lipinski definition) is 2. The number of likely N-dealkylation sites (tertiary alicyclic amines) is 2. The van der Waals surface area contributed by atoms with Gasteiger partial charge in [0.2, 0.25) is 17.7 Å². The highest BCUT2D eigenvalue weighted by Gasteiger charge is 2.53. The van der Waals surface area contributed by atoms with Gasteiger partial charge in [-0.15, -0.1) is 0 Å². The van der Waals surface area contributed by atoms with Gasteiger partial charge in [-0.3, -0.25) is 14.4 Å². The SMILES string of the molecule is CNC(C)C(=O)NC(C(=O)N1CCC2C1C(Oc1ccccc1)CN2C(C)=O)C(C)C. The number of ether oxygens (including phenoxy) is 1. The molecule has 1 aromatic rings. The van der Waals surface area contributed by atoms with E-state index in [-0.39, 0.29) is 41.8 Å². The number of hydrogen-bond acceptors (Lipinski definition) is 5. The monoisotopic (exact) mass is 430 g/mol. The Hall–Kier alpha value is -2.61. The van der Waals surface area contributed by atoms with E-state index in [2.05, 4.69) is 10.6 Å². The van der Waals surface area contributed by atoms with Crippen molar-refractivity contribution in [1.82, 2.24) is 20.4 Å². The summed E-state index contributed by atoms with van der Waals surface area (Å²) < 4.78 is 6.24. The van der Waals surface area contributed by atoms with E-state index in [1.165, 1.54) is 0 Å². The first kappa shape index (κ1) is 23.1. The van der Waals surface area contributed by atoms with E-state index in [1.54, 1.807) is 20.9 Å². The van der Waals surface area contributed by atoms with Crippen molar-refractivity contribution in [2.45, 2.75) is 64.4 Å². The van der Waals surface area contributed by atoms with Gasteiger partial charge >= 0.3 is 0 Å². The highest BCUT2D eigenvalue weighted by Crippen LogP contribution is 2.35. The van der Waals surface area contributed by atoms with Crippen LogP contribution in [0.3, 0.4) is 0 Å². The standard InChI is InChI=1S/C23H34N4O4/c1-14(2)20(25-22(29)15(3)24-5)23(30)26-12-11-18-21(26)19(13-27(18)16(4)28)31-17-9-7-6-8-10-17/h6-10,14-15,18-21,24H,11-13H2,1-5H3,(H,25,29). The van der Waals surface area contributed by atoms with Gasteiger partial charge < -0.3 is 25.2 Å². The molecule has 31 heavy (non-hydrogen) atoms. The molecule has 2 aliphatic heterocycles. The van der Waals surface area contributed by atoms with Crippen molar-refractivity contribution in [1.29, 1.82) is 0 Å². The number of likely N-dealkylation sites (N-methyl/N-ethyl adjacent to an activating group) is 1. The molecule has 0 saturated carbocycles. The lowest BCUT2D eigenvalue weighted by atomic mass is 10.0. The molecule has 2 N–H and O–H groups in total. The molecule has 2 saturated heterocycles. The van der Waals surface area contributed by atoms with Gasteiger partial charge in [-0.2, -0.15) is 0 Å². The summed E-state index contributed by atoms with van der Waals surface area (Å²) >= 11 is 0. The van der Waals surface area contributed by atoms with Crippen LogP contribution in [0.1, 0.15) is 34.1 Å². The van der Waals surface area contributed by atoms with E-state index in [4.69, 9.17) is 4.74 Å². The van der Waals surface area contributed by atoms with Gasteiger partial charge in [0.15, 0.2) is 0 Å². The first-order chi connectivity index (χ1) is 14.7. The minimum atomic E-state index is -0.634. The predicted octanol–water partition coefficient (Wildman–Crippen LogP) is 1.01. The average Bonchev–Trinajstić information content (AvgIpc) is 3.32. The van der Waals surface area contributed by atoms with Gasteiger partial charge in [-0.1, -0.05) is 32.0 Å². The molecular formula is C23H34N4O4. The molecule has 8 heteroatoms. The van der Waals surface area contributed by atoms with Crippen LogP contribution in [0, 0.1) is 5.92 Å². The summed E-state index contributed by atoms with van der Waals surface area (Å²) in [5.74, 6) is 0.302. The third-order valence-electron chi connectivity index (χ3n) is 6.35. The van der Waals surface area contributed by atoms with Crippen molar-refractivity contribution in [2.75, 3.05) is 20.1 Å². The molecule has 0 aliphatic carbocycles. The van der Waals surface area contributed by atoms with Crippen molar-refractivity contribution >= 4 is 17.7 Å². The van der Waals surface area contributed by atoms with Crippen LogP contribution in [0.4, 0.5) is 0 Å².